The fourth-order valence-corrected chi connectivity index (χ4v) is 3.29. The normalized spacial score (nSPS) is 26.7. The van der Waals surface area contributed by atoms with Crippen LogP contribution in [0.25, 0.3) is 0 Å². The van der Waals surface area contributed by atoms with E-state index in [1.54, 1.807) is 0 Å². The van der Waals surface area contributed by atoms with Gasteiger partial charge >= 0.3 is 0 Å². The van der Waals surface area contributed by atoms with Crippen LogP contribution >= 0.6 is 0 Å². The summed E-state index contributed by atoms with van der Waals surface area (Å²) < 4.78 is 6.17. The van der Waals surface area contributed by atoms with Gasteiger partial charge in [0.25, 0.3) is 0 Å². The van der Waals surface area contributed by atoms with Crippen molar-refractivity contribution >= 4 is 0 Å². The molecule has 1 aliphatic carbocycles. The molecule has 0 aromatic carbocycles. The lowest BCUT2D eigenvalue weighted by atomic mass is 9.78. The lowest BCUT2D eigenvalue weighted by Crippen LogP contribution is -2.37. The molecule has 0 spiro atoms. The zero-order valence-electron chi connectivity index (χ0n) is 13.2. The minimum Gasteiger partial charge on any atom is -0.367 e. The molecule has 112 valence electrons. The van der Waals surface area contributed by atoms with E-state index < -0.39 is 0 Å². The van der Waals surface area contributed by atoms with Crippen LogP contribution < -0.4 is 5.32 Å². The summed E-state index contributed by atoms with van der Waals surface area (Å²) in [6.45, 7) is 7.89. The molecule has 0 saturated heterocycles. The predicted molar refractivity (Wildman–Crippen MR) is 80.5 cm³/mol. The summed E-state index contributed by atoms with van der Waals surface area (Å²) in [6.07, 6.45) is 4.54. The Kier molecular flexibility index (Phi) is 5.11. The van der Waals surface area contributed by atoms with Crippen LogP contribution in [0.5, 0.6) is 0 Å². The van der Waals surface area contributed by atoms with Crippen LogP contribution in [0.15, 0.2) is 6.07 Å². The summed E-state index contributed by atoms with van der Waals surface area (Å²) in [5, 5.41) is 3.16. The maximum Gasteiger partial charge on any atom is 0.160 e. The average molecular weight is 277 g/mol. The average Bonchev–Trinajstić information content (AvgIpc) is 2.39. The molecule has 20 heavy (non-hydrogen) atoms. The van der Waals surface area contributed by atoms with Crippen molar-refractivity contribution in [2.45, 2.75) is 58.6 Å². The zero-order chi connectivity index (χ0) is 14.6. The molecule has 1 N–H and O–H groups in total. The van der Waals surface area contributed by atoms with Crippen LogP contribution in [-0.4, -0.2) is 23.6 Å². The molecule has 1 saturated carbocycles. The van der Waals surface area contributed by atoms with Gasteiger partial charge in [0, 0.05) is 18.8 Å². The fraction of sp³-hybridized carbons (Fsp3) is 0.750. The van der Waals surface area contributed by atoms with Crippen LogP contribution in [0, 0.1) is 12.8 Å². The number of rotatable bonds is 5. The van der Waals surface area contributed by atoms with Gasteiger partial charge in [0.2, 0.25) is 0 Å². The number of aryl methyl sites for hydroxylation is 1. The Morgan fingerprint density at radius 3 is 2.90 bits per heavy atom. The second kappa shape index (κ2) is 6.64. The molecule has 0 aliphatic heterocycles. The van der Waals surface area contributed by atoms with Crippen molar-refractivity contribution < 1.29 is 4.74 Å². The van der Waals surface area contributed by atoms with Gasteiger partial charge in [0.1, 0.15) is 5.60 Å². The van der Waals surface area contributed by atoms with Gasteiger partial charge in [0.15, 0.2) is 5.82 Å². The molecule has 0 radical (unpaired) electrons. The van der Waals surface area contributed by atoms with Crippen molar-refractivity contribution in [2.24, 2.45) is 5.92 Å². The van der Waals surface area contributed by atoms with E-state index in [0.717, 1.165) is 36.6 Å². The van der Waals surface area contributed by atoms with E-state index >= 15 is 0 Å². The quantitative estimate of drug-likeness (QED) is 0.899. The Morgan fingerprint density at radius 1 is 1.45 bits per heavy atom. The van der Waals surface area contributed by atoms with Crippen LogP contribution in [-0.2, 0) is 16.9 Å². The molecule has 1 aliphatic rings. The van der Waals surface area contributed by atoms with Crippen molar-refractivity contribution in [2.75, 3.05) is 13.7 Å². The van der Waals surface area contributed by atoms with Crippen LogP contribution in [0.1, 0.15) is 56.7 Å². The molecule has 4 heteroatoms. The molecule has 1 heterocycles. The summed E-state index contributed by atoms with van der Waals surface area (Å²) >= 11 is 0. The predicted octanol–water partition coefficient (Wildman–Crippen LogP) is 2.95. The van der Waals surface area contributed by atoms with Crippen molar-refractivity contribution in [1.29, 1.82) is 0 Å². The first-order valence-corrected chi connectivity index (χ1v) is 7.73. The standard InChI is InChI=1S/C16H27N3O/c1-5-20-16(8-6-7-12(2)10-16)15-18-13(3)9-14(19-15)11-17-4/h9,12,17H,5-8,10-11H2,1-4H3. The van der Waals surface area contributed by atoms with Crippen molar-refractivity contribution in [1.82, 2.24) is 15.3 Å². The first kappa shape index (κ1) is 15.4. The lowest BCUT2D eigenvalue weighted by Gasteiger charge is -2.38. The Hall–Kier alpha value is -1.00. The van der Waals surface area contributed by atoms with Crippen LogP contribution in [0.4, 0.5) is 0 Å². The Morgan fingerprint density at radius 2 is 2.25 bits per heavy atom. The van der Waals surface area contributed by atoms with E-state index in [2.05, 4.69) is 19.2 Å². The van der Waals surface area contributed by atoms with E-state index in [1.165, 1.54) is 12.8 Å². The third kappa shape index (κ3) is 3.36. The van der Waals surface area contributed by atoms with Crippen LogP contribution in [0.3, 0.4) is 0 Å². The van der Waals surface area contributed by atoms with Gasteiger partial charge in [-0.3, -0.25) is 0 Å². The van der Waals surface area contributed by atoms with Gasteiger partial charge in [0.05, 0.1) is 5.69 Å². The van der Waals surface area contributed by atoms with Gasteiger partial charge in [-0.2, -0.15) is 0 Å². The maximum absolute atomic E-state index is 6.17. The third-order valence-corrected chi connectivity index (χ3v) is 4.05. The first-order chi connectivity index (χ1) is 9.59. The molecule has 1 fully saturated rings. The van der Waals surface area contributed by atoms with E-state index in [9.17, 15) is 0 Å². The van der Waals surface area contributed by atoms with Gasteiger partial charge < -0.3 is 10.1 Å². The number of aromatic nitrogens is 2. The molecule has 0 amide bonds. The summed E-state index contributed by atoms with van der Waals surface area (Å²) in [6, 6.07) is 2.05. The number of nitrogens with zero attached hydrogens (tertiary/aromatic N) is 2. The largest absolute Gasteiger partial charge is 0.367 e. The van der Waals surface area contributed by atoms with E-state index in [4.69, 9.17) is 14.7 Å². The Labute approximate surface area is 122 Å². The summed E-state index contributed by atoms with van der Waals surface area (Å²) in [5.41, 5.74) is 1.80. The molecule has 2 rings (SSSR count). The Bertz CT molecular complexity index is 445. The number of ether oxygens (including phenoxy) is 1. The zero-order valence-corrected chi connectivity index (χ0v) is 13.2. The highest BCUT2D eigenvalue weighted by Gasteiger charge is 2.40. The van der Waals surface area contributed by atoms with Gasteiger partial charge in [-0.25, -0.2) is 9.97 Å². The van der Waals surface area contributed by atoms with E-state index in [0.29, 0.717) is 12.5 Å². The van der Waals surface area contributed by atoms with E-state index in [-0.39, 0.29) is 5.60 Å². The Balaban J connectivity index is 2.37. The topological polar surface area (TPSA) is 47.0 Å². The van der Waals surface area contributed by atoms with Crippen LogP contribution in [0.2, 0.25) is 0 Å². The molecule has 0 bridgehead atoms. The van der Waals surface area contributed by atoms with Crippen molar-refractivity contribution in [3.8, 4) is 0 Å². The van der Waals surface area contributed by atoms with E-state index in [1.807, 2.05) is 20.0 Å². The van der Waals surface area contributed by atoms with Crippen molar-refractivity contribution in [3.63, 3.8) is 0 Å². The maximum atomic E-state index is 6.17. The smallest absolute Gasteiger partial charge is 0.160 e. The lowest BCUT2D eigenvalue weighted by molar-refractivity contribution is -0.0883. The van der Waals surface area contributed by atoms with Gasteiger partial charge in [-0.05, 0) is 52.1 Å². The summed E-state index contributed by atoms with van der Waals surface area (Å²) in [7, 11) is 1.94. The van der Waals surface area contributed by atoms with Gasteiger partial charge in [-0.15, -0.1) is 0 Å². The molecule has 2 unspecified atom stereocenters. The summed E-state index contributed by atoms with van der Waals surface area (Å²) in [5.74, 6) is 1.56. The highest BCUT2D eigenvalue weighted by molar-refractivity contribution is 5.15. The van der Waals surface area contributed by atoms with Gasteiger partial charge in [-0.1, -0.05) is 13.3 Å². The number of hydrogen-bond acceptors (Lipinski definition) is 4. The number of hydrogen-bond donors (Lipinski definition) is 1. The minimum atomic E-state index is -0.277. The first-order valence-electron chi connectivity index (χ1n) is 7.73. The molecule has 2 atom stereocenters. The second-order valence-electron chi connectivity index (χ2n) is 5.98. The second-order valence-corrected chi connectivity index (χ2v) is 5.98. The SMILES string of the molecule is CCOC1(c2nc(C)cc(CNC)n2)CCCC(C)C1. The highest BCUT2D eigenvalue weighted by Crippen LogP contribution is 2.41. The number of nitrogens with one attached hydrogen (secondary N) is 1. The van der Waals surface area contributed by atoms with Crippen molar-refractivity contribution in [3.05, 3.63) is 23.3 Å². The molecule has 4 nitrogen and oxygen atoms in total. The molecular weight excluding hydrogens is 250 g/mol. The molecular formula is C16H27N3O. The molecule has 1 aromatic heterocycles. The highest BCUT2D eigenvalue weighted by atomic mass is 16.5. The monoisotopic (exact) mass is 277 g/mol. The fourth-order valence-electron chi connectivity index (χ4n) is 3.29. The summed E-state index contributed by atoms with van der Waals surface area (Å²) in [4.78, 5) is 9.47. The molecule has 1 aromatic rings. The third-order valence-electron chi connectivity index (χ3n) is 4.05. The minimum absolute atomic E-state index is 0.277.